The number of halogens is 1. The number of benzene rings is 1. The average Bonchev–Trinajstić information content (AvgIpc) is 3.00. The fourth-order valence-electron chi connectivity index (χ4n) is 3.21. The zero-order chi connectivity index (χ0) is 19.0. The summed E-state index contributed by atoms with van der Waals surface area (Å²) in [7, 11) is 0. The third kappa shape index (κ3) is 3.61. The molecule has 28 heavy (non-hydrogen) atoms. The van der Waals surface area contributed by atoms with Crippen molar-refractivity contribution < 1.29 is 33.9 Å². The summed E-state index contributed by atoms with van der Waals surface area (Å²) in [5.41, 5.74) is 1.55. The van der Waals surface area contributed by atoms with Crippen molar-refractivity contribution in [3.63, 3.8) is 0 Å². The molecule has 3 heterocycles. The van der Waals surface area contributed by atoms with E-state index in [0.29, 0.717) is 28.7 Å². The van der Waals surface area contributed by atoms with Crippen LogP contribution in [0.1, 0.15) is 18.3 Å². The molecule has 6 nitrogen and oxygen atoms in total. The van der Waals surface area contributed by atoms with E-state index in [-0.39, 0.29) is 47.2 Å². The number of hydrogen-bond donors (Lipinski definition) is 0. The summed E-state index contributed by atoms with van der Waals surface area (Å²) in [4.78, 5) is 29.9. The van der Waals surface area contributed by atoms with Crippen molar-refractivity contribution in [2.45, 2.75) is 19.9 Å². The number of aryl methyl sites for hydroxylation is 1. The number of pyridine rings is 2. The summed E-state index contributed by atoms with van der Waals surface area (Å²) in [6, 6.07) is 12.3. The molecule has 0 aliphatic rings. The van der Waals surface area contributed by atoms with Crippen molar-refractivity contribution in [2.75, 3.05) is 0 Å². The van der Waals surface area contributed by atoms with Crippen LogP contribution in [0.4, 0.5) is 4.39 Å². The predicted molar refractivity (Wildman–Crippen MR) is 99.8 cm³/mol. The molecule has 4 rings (SSSR count). The Morgan fingerprint density at radius 1 is 1.11 bits per heavy atom. The second kappa shape index (κ2) is 8.26. The van der Waals surface area contributed by atoms with Crippen LogP contribution in [0.3, 0.4) is 0 Å². The third-order valence-corrected chi connectivity index (χ3v) is 4.46. The summed E-state index contributed by atoms with van der Waals surface area (Å²) in [6.07, 6.45) is 2.15. The Balaban J connectivity index is 0.00000225. The Morgan fingerprint density at radius 2 is 1.86 bits per heavy atom. The van der Waals surface area contributed by atoms with Gasteiger partial charge in [0.15, 0.2) is 0 Å². The molecule has 0 aliphatic carbocycles. The molecule has 0 atom stereocenters. The minimum atomic E-state index is -0.396. The number of hydrogen-bond acceptors (Lipinski definition) is 3. The van der Waals surface area contributed by atoms with Gasteiger partial charge in [-0.1, -0.05) is 13.0 Å². The van der Waals surface area contributed by atoms with Crippen LogP contribution < -0.4 is 45.8 Å². The Morgan fingerprint density at radius 3 is 2.50 bits per heavy atom. The van der Waals surface area contributed by atoms with E-state index >= 15 is 0 Å². The van der Waals surface area contributed by atoms with E-state index in [1.165, 1.54) is 35.0 Å². The maximum atomic E-state index is 13.2. The smallest absolute Gasteiger partial charge is 0.587 e. The second-order valence-corrected chi connectivity index (χ2v) is 6.14. The number of fused-ring (bicyclic) bond motifs is 1. The van der Waals surface area contributed by atoms with Crippen LogP contribution in [-0.2, 0) is 13.0 Å². The van der Waals surface area contributed by atoms with Crippen LogP contribution in [0.5, 0.6) is 0 Å². The quantitative estimate of drug-likeness (QED) is 0.433. The first-order chi connectivity index (χ1) is 13.1. The van der Waals surface area contributed by atoms with Crippen molar-refractivity contribution >= 4 is 10.9 Å². The third-order valence-electron chi connectivity index (χ3n) is 4.46. The van der Waals surface area contributed by atoms with Gasteiger partial charge in [0.2, 0.25) is 11.1 Å². The van der Waals surface area contributed by atoms with E-state index < -0.39 is 5.82 Å². The number of aromatic nitrogens is 4. The average molecular weight is 386 g/mol. The molecule has 4 aromatic rings. The molecule has 0 spiro atoms. The molecule has 0 saturated heterocycles. The van der Waals surface area contributed by atoms with Crippen LogP contribution in [0, 0.1) is 5.82 Å². The molecule has 0 N–H and O–H groups in total. The molecule has 0 fully saturated rings. The van der Waals surface area contributed by atoms with Gasteiger partial charge in [-0.3, -0.25) is 14.6 Å². The normalized spacial score (nSPS) is 10.8. The first kappa shape index (κ1) is 20.3. The van der Waals surface area contributed by atoms with Crippen LogP contribution in [0.2, 0.25) is 0 Å². The monoisotopic (exact) mass is 386 g/mol. The molecule has 0 amide bonds. The Kier molecular flexibility index (Phi) is 5.98. The maximum absolute atomic E-state index is 13.2. The van der Waals surface area contributed by atoms with E-state index in [4.69, 9.17) is 0 Å². The standard InChI is InChI=1S/C20H17FN4O2.Na/c1-2-17-19-16(11-18(26)24(17)12-14-5-3-4-10-22-14)23-25(20(19)27)15-8-6-13(21)7-9-15;/h3-11H,2,12H2,1H3,(H,23,26);/q;+1/p-1. The SMILES string of the molecule is CCc1c2c(=O)n(-c3ccc(F)cc3)[n-]c2cc(=O)n1Cc1ccccn1.[Na+]. The van der Waals surface area contributed by atoms with E-state index in [1.54, 1.807) is 16.8 Å². The van der Waals surface area contributed by atoms with E-state index in [9.17, 15) is 14.0 Å². The Hall–Kier alpha value is -2.48. The molecule has 0 radical (unpaired) electrons. The minimum Gasteiger partial charge on any atom is -0.587 e. The minimum absolute atomic E-state index is 0. The van der Waals surface area contributed by atoms with E-state index in [1.807, 2.05) is 19.1 Å². The fourth-order valence-corrected chi connectivity index (χ4v) is 3.21. The topological polar surface area (TPSA) is 71.0 Å². The van der Waals surface area contributed by atoms with Crippen molar-refractivity contribution in [1.29, 1.82) is 0 Å². The summed E-state index contributed by atoms with van der Waals surface area (Å²) in [6.45, 7) is 2.16. The second-order valence-electron chi connectivity index (χ2n) is 6.14. The molecule has 0 bridgehead atoms. The first-order valence-electron chi connectivity index (χ1n) is 8.56. The first-order valence-corrected chi connectivity index (χ1v) is 8.56. The molecule has 0 aliphatic heterocycles. The summed E-state index contributed by atoms with van der Waals surface area (Å²) in [5, 5.41) is 4.68. The van der Waals surface area contributed by atoms with Crippen LogP contribution in [0.25, 0.3) is 16.6 Å². The van der Waals surface area contributed by atoms with Gasteiger partial charge in [-0.25, -0.2) is 4.39 Å². The summed E-state index contributed by atoms with van der Waals surface area (Å²) < 4.78 is 15.9. The number of nitrogens with zero attached hydrogens (tertiary/aromatic N) is 4. The van der Waals surface area contributed by atoms with Gasteiger partial charge >= 0.3 is 29.6 Å². The molecular weight excluding hydrogens is 370 g/mol. The van der Waals surface area contributed by atoms with Gasteiger partial charge in [0.25, 0.3) is 0 Å². The van der Waals surface area contributed by atoms with E-state index in [0.717, 1.165) is 5.69 Å². The van der Waals surface area contributed by atoms with Crippen molar-refractivity contribution in [2.24, 2.45) is 0 Å². The molecule has 8 heteroatoms. The Labute approximate surface area is 181 Å². The van der Waals surface area contributed by atoms with Gasteiger partial charge < -0.3 is 14.3 Å². The Bertz CT molecular complexity index is 1230. The summed E-state index contributed by atoms with van der Waals surface area (Å²) in [5.74, 6) is -0.396. The van der Waals surface area contributed by atoms with Gasteiger partial charge in [-0.2, -0.15) is 0 Å². The van der Waals surface area contributed by atoms with Gasteiger partial charge in [0.1, 0.15) is 5.82 Å². The zero-order valence-electron chi connectivity index (χ0n) is 15.6. The van der Waals surface area contributed by atoms with Crippen molar-refractivity contribution in [1.82, 2.24) is 19.3 Å². The molecule has 0 saturated carbocycles. The van der Waals surface area contributed by atoms with Gasteiger partial charge in [-0.15, -0.1) is 5.52 Å². The van der Waals surface area contributed by atoms with Crippen LogP contribution in [-0.4, -0.2) is 14.2 Å². The zero-order valence-corrected chi connectivity index (χ0v) is 17.6. The van der Waals surface area contributed by atoms with Crippen LogP contribution in [0.15, 0.2) is 64.3 Å². The largest absolute Gasteiger partial charge is 1.00 e. The number of rotatable bonds is 4. The molecular formula is C20H16FN4NaO2. The van der Waals surface area contributed by atoms with Crippen molar-refractivity contribution in [3.8, 4) is 5.69 Å². The predicted octanol–water partition coefficient (Wildman–Crippen LogP) is -0.742. The maximum Gasteiger partial charge on any atom is 1.00 e. The molecule has 3 aromatic heterocycles. The van der Waals surface area contributed by atoms with E-state index in [2.05, 4.69) is 10.1 Å². The van der Waals surface area contributed by atoms with Crippen molar-refractivity contribution in [3.05, 3.63) is 92.6 Å². The van der Waals surface area contributed by atoms with Gasteiger partial charge in [0.05, 0.1) is 12.2 Å². The molecule has 1 aromatic carbocycles. The fraction of sp³-hybridized carbons (Fsp3) is 0.150. The summed E-state index contributed by atoms with van der Waals surface area (Å²) >= 11 is 0. The van der Waals surface area contributed by atoms with Crippen LogP contribution >= 0.6 is 0 Å². The van der Waals surface area contributed by atoms with Gasteiger partial charge in [0, 0.05) is 23.0 Å². The molecule has 136 valence electrons. The van der Waals surface area contributed by atoms with Gasteiger partial charge in [-0.05, 0) is 48.9 Å². The molecule has 0 unspecified atom stereocenters.